The highest BCUT2D eigenvalue weighted by atomic mass is 32.2. The third-order valence-corrected chi connectivity index (χ3v) is 8.78. The maximum absolute atomic E-state index is 13.1. The van der Waals surface area contributed by atoms with Crippen LogP contribution in [0.3, 0.4) is 0 Å². The van der Waals surface area contributed by atoms with E-state index in [2.05, 4.69) is 17.0 Å². The molecular weight excluding hydrogens is 420 g/mol. The molecule has 0 unspecified atom stereocenters. The summed E-state index contributed by atoms with van der Waals surface area (Å²) in [7, 11) is -3.69. The minimum absolute atomic E-state index is 0.122. The molecule has 0 bridgehead atoms. The molecule has 172 valence electrons. The highest BCUT2D eigenvalue weighted by Gasteiger charge is 2.51. The van der Waals surface area contributed by atoms with Crippen LogP contribution in [-0.4, -0.2) is 20.4 Å². The van der Waals surface area contributed by atoms with Crippen LogP contribution in [0.5, 0.6) is 0 Å². The molecular formula is C26H34N2O3S. The molecule has 2 aromatic rings. The van der Waals surface area contributed by atoms with Crippen LogP contribution in [0.4, 0.5) is 5.69 Å². The van der Waals surface area contributed by atoms with Crippen LogP contribution in [0.2, 0.25) is 0 Å². The van der Waals surface area contributed by atoms with E-state index in [9.17, 15) is 13.2 Å². The molecule has 2 N–H and O–H groups in total. The summed E-state index contributed by atoms with van der Waals surface area (Å²) in [6.45, 7) is 7.87. The summed E-state index contributed by atoms with van der Waals surface area (Å²) in [5, 5.41) is 3.28. The first-order chi connectivity index (χ1) is 15.1. The van der Waals surface area contributed by atoms with Crippen LogP contribution < -0.4 is 10.0 Å². The van der Waals surface area contributed by atoms with Crippen molar-refractivity contribution in [3.8, 4) is 0 Å². The van der Waals surface area contributed by atoms with Crippen molar-refractivity contribution in [2.75, 3.05) is 4.72 Å². The molecule has 0 heterocycles. The SMILES string of the molecule is Cc1cc(C)c(S(=O)(=O)Nc2ccc(C3(C(=O)NC4CCC(C)CC4)CC3)cc2)c(C)c1. The van der Waals surface area contributed by atoms with E-state index in [0.29, 0.717) is 10.6 Å². The molecule has 32 heavy (non-hydrogen) atoms. The number of rotatable bonds is 6. The molecule has 5 nitrogen and oxygen atoms in total. The number of hydrogen-bond donors (Lipinski definition) is 2. The van der Waals surface area contributed by atoms with Crippen LogP contribution in [0.1, 0.15) is 67.7 Å². The molecule has 0 radical (unpaired) electrons. The Labute approximate surface area is 192 Å². The predicted octanol–water partition coefficient (Wildman–Crippen LogP) is 5.14. The second-order valence-electron chi connectivity index (χ2n) is 9.92. The summed E-state index contributed by atoms with van der Waals surface area (Å²) in [6.07, 6.45) is 6.14. The summed E-state index contributed by atoms with van der Waals surface area (Å²) in [4.78, 5) is 13.4. The quantitative estimate of drug-likeness (QED) is 0.635. The van der Waals surface area contributed by atoms with Gasteiger partial charge in [-0.15, -0.1) is 0 Å². The number of carbonyl (C=O) groups excluding carboxylic acids is 1. The van der Waals surface area contributed by atoms with E-state index >= 15 is 0 Å². The van der Waals surface area contributed by atoms with E-state index in [1.807, 2.05) is 45.0 Å². The molecule has 0 aliphatic heterocycles. The number of amides is 1. The summed E-state index contributed by atoms with van der Waals surface area (Å²) < 4.78 is 28.8. The molecule has 0 saturated heterocycles. The zero-order chi connectivity index (χ0) is 23.1. The first-order valence-corrected chi connectivity index (χ1v) is 13.1. The molecule has 2 aliphatic rings. The van der Waals surface area contributed by atoms with Gasteiger partial charge in [0.15, 0.2) is 0 Å². The fourth-order valence-electron chi connectivity index (χ4n) is 5.15. The first kappa shape index (κ1) is 22.8. The topological polar surface area (TPSA) is 75.3 Å². The number of nitrogens with one attached hydrogen (secondary N) is 2. The molecule has 2 saturated carbocycles. The van der Waals surface area contributed by atoms with Crippen molar-refractivity contribution in [1.29, 1.82) is 0 Å². The smallest absolute Gasteiger partial charge is 0.262 e. The third-order valence-electron chi connectivity index (χ3n) is 7.10. The Morgan fingerprint density at radius 1 is 0.938 bits per heavy atom. The summed E-state index contributed by atoms with van der Waals surface area (Å²) in [5.74, 6) is 0.873. The Balaban J connectivity index is 1.47. The van der Waals surface area contributed by atoms with E-state index in [0.717, 1.165) is 53.9 Å². The fraction of sp³-hybridized carbons (Fsp3) is 0.500. The van der Waals surface area contributed by atoms with Gasteiger partial charge in [-0.25, -0.2) is 8.42 Å². The average molecular weight is 455 g/mol. The van der Waals surface area contributed by atoms with Gasteiger partial charge in [-0.1, -0.05) is 36.8 Å². The Morgan fingerprint density at radius 3 is 2.03 bits per heavy atom. The van der Waals surface area contributed by atoms with Crippen molar-refractivity contribution in [3.05, 3.63) is 58.7 Å². The van der Waals surface area contributed by atoms with Crippen molar-refractivity contribution >= 4 is 21.6 Å². The number of carbonyl (C=O) groups is 1. The molecule has 4 rings (SSSR count). The maximum Gasteiger partial charge on any atom is 0.262 e. The third kappa shape index (κ3) is 4.56. The highest BCUT2D eigenvalue weighted by Crippen LogP contribution is 2.49. The number of aryl methyl sites for hydroxylation is 3. The van der Waals surface area contributed by atoms with E-state index in [1.165, 1.54) is 12.8 Å². The lowest BCUT2D eigenvalue weighted by atomic mass is 9.86. The lowest BCUT2D eigenvalue weighted by Crippen LogP contribution is -2.43. The van der Waals surface area contributed by atoms with Crippen LogP contribution >= 0.6 is 0 Å². The molecule has 2 aliphatic carbocycles. The van der Waals surface area contributed by atoms with Crippen LogP contribution in [0.15, 0.2) is 41.3 Å². The first-order valence-electron chi connectivity index (χ1n) is 11.6. The average Bonchev–Trinajstić information content (AvgIpc) is 3.51. The second kappa shape index (κ2) is 8.54. The zero-order valence-corrected chi connectivity index (χ0v) is 20.3. The van der Waals surface area contributed by atoms with Gasteiger partial charge < -0.3 is 5.32 Å². The van der Waals surface area contributed by atoms with Crippen molar-refractivity contribution in [3.63, 3.8) is 0 Å². The Hall–Kier alpha value is -2.34. The Bertz CT molecular complexity index is 1090. The fourth-order valence-corrected chi connectivity index (χ4v) is 6.67. The van der Waals surface area contributed by atoms with Gasteiger partial charge in [-0.3, -0.25) is 9.52 Å². The molecule has 0 aromatic heterocycles. The largest absolute Gasteiger partial charge is 0.353 e. The molecule has 0 atom stereocenters. The van der Waals surface area contributed by atoms with Gasteiger partial charge in [-0.05, 0) is 94.0 Å². The van der Waals surface area contributed by atoms with Crippen LogP contribution in [-0.2, 0) is 20.2 Å². The van der Waals surface area contributed by atoms with E-state index in [-0.39, 0.29) is 11.9 Å². The lowest BCUT2D eigenvalue weighted by molar-refractivity contribution is -0.124. The number of anilines is 1. The van der Waals surface area contributed by atoms with Gasteiger partial charge >= 0.3 is 0 Å². The van der Waals surface area contributed by atoms with Gasteiger partial charge in [0.1, 0.15) is 0 Å². The van der Waals surface area contributed by atoms with Gasteiger partial charge in [0, 0.05) is 11.7 Å². The normalized spacial score (nSPS) is 22.2. The van der Waals surface area contributed by atoms with Crippen molar-refractivity contribution in [1.82, 2.24) is 5.32 Å². The number of benzene rings is 2. The van der Waals surface area contributed by atoms with Crippen LogP contribution in [0.25, 0.3) is 0 Å². The maximum atomic E-state index is 13.1. The van der Waals surface area contributed by atoms with Gasteiger partial charge in [0.25, 0.3) is 10.0 Å². The summed E-state index contributed by atoms with van der Waals surface area (Å²) >= 11 is 0. The minimum atomic E-state index is -3.69. The molecule has 6 heteroatoms. The summed E-state index contributed by atoms with van der Waals surface area (Å²) in [5.41, 5.74) is 3.52. The van der Waals surface area contributed by atoms with Gasteiger partial charge in [0.2, 0.25) is 5.91 Å². The molecule has 2 fully saturated rings. The standard InChI is InChI=1S/C26H34N2O3S/c1-17-5-9-22(10-6-17)27-25(29)26(13-14-26)21-7-11-23(12-8-21)28-32(30,31)24-19(3)15-18(2)16-20(24)4/h7-8,11-12,15-17,22,28H,5-6,9-10,13-14H2,1-4H3,(H,27,29). The number of hydrogen-bond acceptors (Lipinski definition) is 3. The van der Waals surface area contributed by atoms with Crippen molar-refractivity contribution < 1.29 is 13.2 Å². The second-order valence-corrected chi connectivity index (χ2v) is 11.5. The van der Waals surface area contributed by atoms with E-state index in [1.54, 1.807) is 12.1 Å². The zero-order valence-electron chi connectivity index (χ0n) is 19.5. The van der Waals surface area contributed by atoms with Crippen molar-refractivity contribution in [2.45, 2.75) is 82.6 Å². The predicted molar refractivity (Wildman–Crippen MR) is 128 cm³/mol. The van der Waals surface area contributed by atoms with Crippen LogP contribution in [0, 0.1) is 26.7 Å². The Kier molecular flexibility index (Phi) is 6.10. The van der Waals surface area contributed by atoms with Gasteiger partial charge in [-0.2, -0.15) is 0 Å². The van der Waals surface area contributed by atoms with E-state index in [4.69, 9.17) is 0 Å². The molecule has 0 spiro atoms. The molecule has 1 amide bonds. The van der Waals surface area contributed by atoms with E-state index < -0.39 is 15.4 Å². The summed E-state index contributed by atoms with van der Waals surface area (Å²) in [6, 6.07) is 11.4. The number of sulfonamides is 1. The van der Waals surface area contributed by atoms with Crippen molar-refractivity contribution in [2.24, 2.45) is 5.92 Å². The monoisotopic (exact) mass is 454 g/mol. The Morgan fingerprint density at radius 2 is 1.50 bits per heavy atom. The minimum Gasteiger partial charge on any atom is -0.353 e. The van der Waals surface area contributed by atoms with Gasteiger partial charge in [0.05, 0.1) is 10.3 Å². The molecule has 2 aromatic carbocycles. The highest BCUT2D eigenvalue weighted by molar-refractivity contribution is 7.92. The lowest BCUT2D eigenvalue weighted by Gasteiger charge is -2.28.